The Bertz CT molecular complexity index is 583. The van der Waals surface area contributed by atoms with Crippen LogP contribution >= 0.6 is 0 Å². The maximum absolute atomic E-state index is 5.77. The second-order valence-corrected chi connectivity index (χ2v) is 6.65. The van der Waals surface area contributed by atoms with E-state index < -0.39 is 0 Å². The molecule has 0 aliphatic carbocycles. The standard InChI is InChI=1S/C20H27NO2/c1-20(2,3)17-7-11-19(12-8-17)23-14-13-21-15-16-5-9-18(22-4)10-6-16/h5-12,21H,13-15H2,1-4H3. The van der Waals surface area contributed by atoms with Gasteiger partial charge in [0.25, 0.3) is 0 Å². The van der Waals surface area contributed by atoms with Gasteiger partial charge in [-0.15, -0.1) is 0 Å². The molecule has 2 rings (SSSR count). The van der Waals surface area contributed by atoms with E-state index in [0.29, 0.717) is 6.61 Å². The van der Waals surface area contributed by atoms with Crippen LogP contribution in [0.15, 0.2) is 48.5 Å². The van der Waals surface area contributed by atoms with Crippen molar-refractivity contribution >= 4 is 0 Å². The maximum Gasteiger partial charge on any atom is 0.119 e. The first-order valence-electron chi connectivity index (χ1n) is 8.06. The zero-order valence-corrected chi connectivity index (χ0v) is 14.6. The molecular weight excluding hydrogens is 286 g/mol. The third-order valence-electron chi connectivity index (χ3n) is 3.76. The lowest BCUT2D eigenvalue weighted by molar-refractivity contribution is 0.313. The predicted molar refractivity (Wildman–Crippen MR) is 95.3 cm³/mol. The highest BCUT2D eigenvalue weighted by molar-refractivity contribution is 5.31. The minimum absolute atomic E-state index is 0.179. The summed E-state index contributed by atoms with van der Waals surface area (Å²) in [5.74, 6) is 1.81. The van der Waals surface area contributed by atoms with Crippen molar-refractivity contribution in [2.75, 3.05) is 20.3 Å². The number of hydrogen-bond donors (Lipinski definition) is 1. The molecule has 23 heavy (non-hydrogen) atoms. The summed E-state index contributed by atoms with van der Waals surface area (Å²) in [4.78, 5) is 0. The first-order chi connectivity index (χ1) is 11.0. The van der Waals surface area contributed by atoms with Crippen molar-refractivity contribution in [2.24, 2.45) is 0 Å². The lowest BCUT2D eigenvalue weighted by Gasteiger charge is -2.19. The van der Waals surface area contributed by atoms with Gasteiger partial charge in [-0.25, -0.2) is 0 Å². The highest BCUT2D eigenvalue weighted by Gasteiger charge is 2.12. The Morgan fingerprint density at radius 1 is 0.870 bits per heavy atom. The molecule has 0 amide bonds. The van der Waals surface area contributed by atoms with Crippen LogP contribution in [0.25, 0.3) is 0 Å². The highest BCUT2D eigenvalue weighted by atomic mass is 16.5. The van der Waals surface area contributed by atoms with E-state index in [4.69, 9.17) is 9.47 Å². The minimum Gasteiger partial charge on any atom is -0.497 e. The molecule has 1 N–H and O–H groups in total. The Morgan fingerprint density at radius 3 is 2.04 bits per heavy atom. The molecule has 0 spiro atoms. The molecule has 3 heteroatoms. The summed E-state index contributed by atoms with van der Waals surface area (Å²) in [5.41, 5.74) is 2.74. The molecule has 0 unspecified atom stereocenters. The Kier molecular flexibility index (Phi) is 6.05. The second-order valence-electron chi connectivity index (χ2n) is 6.65. The van der Waals surface area contributed by atoms with Crippen molar-refractivity contribution in [3.05, 3.63) is 59.7 Å². The van der Waals surface area contributed by atoms with Crippen LogP contribution in [0.4, 0.5) is 0 Å². The lowest BCUT2D eigenvalue weighted by Crippen LogP contribution is -2.20. The SMILES string of the molecule is COc1ccc(CNCCOc2ccc(C(C)(C)C)cc2)cc1. The van der Waals surface area contributed by atoms with Crippen LogP contribution in [-0.2, 0) is 12.0 Å². The molecule has 0 saturated heterocycles. The number of methoxy groups -OCH3 is 1. The van der Waals surface area contributed by atoms with Crippen LogP contribution in [0.3, 0.4) is 0 Å². The molecule has 0 aromatic heterocycles. The third-order valence-corrected chi connectivity index (χ3v) is 3.76. The van der Waals surface area contributed by atoms with E-state index in [2.05, 4.69) is 50.4 Å². The van der Waals surface area contributed by atoms with Crippen LogP contribution in [0, 0.1) is 0 Å². The minimum atomic E-state index is 0.179. The van der Waals surface area contributed by atoms with Gasteiger partial charge in [0.05, 0.1) is 7.11 Å². The Labute approximate surface area is 139 Å². The summed E-state index contributed by atoms with van der Waals surface area (Å²) in [6.45, 7) is 8.94. The zero-order chi connectivity index (χ0) is 16.7. The first-order valence-corrected chi connectivity index (χ1v) is 8.06. The normalized spacial score (nSPS) is 11.3. The van der Waals surface area contributed by atoms with Crippen molar-refractivity contribution < 1.29 is 9.47 Å². The average molecular weight is 313 g/mol. The van der Waals surface area contributed by atoms with Crippen molar-refractivity contribution in [1.29, 1.82) is 0 Å². The van der Waals surface area contributed by atoms with Gasteiger partial charge in [-0.3, -0.25) is 0 Å². The fourth-order valence-electron chi connectivity index (χ4n) is 2.27. The van der Waals surface area contributed by atoms with Gasteiger partial charge in [-0.05, 0) is 40.8 Å². The summed E-state index contributed by atoms with van der Waals surface area (Å²) in [6.07, 6.45) is 0. The molecule has 0 aliphatic rings. The smallest absolute Gasteiger partial charge is 0.119 e. The lowest BCUT2D eigenvalue weighted by atomic mass is 9.87. The molecule has 0 atom stereocenters. The van der Waals surface area contributed by atoms with Crippen LogP contribution < -0.4 is 14.8 Å². The van der Waals surface area contributed by atoms with Gasteiger partial charge >= 0.3 is 0 Å². The van der Waals surface area contributed by atoms with Crippen molar-refractivity contribution in [3.8, 4) is 11.5 Å². The van der Waals surface area contributed by atoms with E-state index >= 15 is 0 Å². The monoisotopic (exact) mass is 313 g/mol. The van der Waals surface area contributed by atoms with Crippen molar-refractivity contribution in [3.63, 3.8) is 0 Å². The van der Waals surface area contributed by atoms with E-state index in [1.165, 1.54) is 11.1 Å². The highest BCUT2D eigenvalue weighted by Crippen LogP contribution is 2.24. The van der Waals surface area contributed by atoms with Crippen LogP contribution in [0.1, 0.15) is 31.9 Å². The summed E-state index contributed by atoms with van der Waals surface area (Å²) < 4.78 is 10.9. The molecule has 0 saturated carbocycles. The molecule has 0 bridgehead atoms. The molecule has 2 aromatic rings. The van der Waals surface area contributed by atoms with Crippen molar-refractivity contribution in [2.45, 2.75) is 32.7 Å². The summed E-state index contributed by atoms with van der Waals surface area (Å²) in [5, 5.41) is 3.38. The topological polar surface area (TPSA) is 30.5 Å². The van der Waals surface area contributed by atoms with E-state index in [1.54, 1.807) is 7.11 Å². The number of rotatable bonds is 7. The van der Waals surface area contributed by atoms with Crippen LogP contribution in [0.2, 0.25) is 0 Å². The first kappa shape index (κ1) is 17.4. The molecule has 0 radical (unpaired) electrons. The largest absolute Gasteiger partial charge is 0.497 e. The molecule has 124 valence electrons. The fraction of sp³-hybridized carbons (Fsp3) is 0.400. The number of hydrogen-bond acceptors (Lipinski definition) is 3. The van der Waals surface area contributed by atoms with Gasteiger partial charge < -0.3 is 14.8 Å². The predicted octanol–water partition coefficient (Wildman–Crippen LogP) is 4.16. The van der Waals surface area contributed by atoms with Crippen molar-refractivity contribution in [1.82, 2.24) is 5.32 Å². The summed E-state index contributed by atoms with van der Waals surface area (Å²) in [7, 11) is 1.68. The number of nitrogens with one attached hydrogen (secondary N) is 1. The fourth-order valence-corrected chi connectivity index (χ4v) is 2.27. The van der Waals surface area contributed by atoms with Crippen LogP contribution in [0.5, 0.6) is 11.5 Å². The third kappa shape index (κ3) is 5.61. The van der Waals surface area contributed by atoms with E-state index in [1.807, 2.05) is 24.3 Å². The quantitative estimate of drug-likeness (QED) is 0.779. The number of benzene rings is 2. The Hall–Kier alpha value is -2.00. The zero-order valence-electron chi connectivity index (χ0n) is 14.6. The van der Waals surface area contributed by atoms with E-state index in [-0.39, 0.29) is 5.41 Å². The molecule has 2 aromatic carbocycles. The van der Waals surface area contributed by atoms with Gasteiger partial charge in [0.2, 0.25) is 0 Å². The van der Waals surface area contributed by atoms with Crippen LogP contribution in [-0.4, -0.2) is 20.3 Å². The molecular formula is C20H27NO2. The molecule has 0 heterocycles. The van der Waals surface area contributed by atoms with Gasteiger partial charge in [0.1, 0.15) is 18.1 Å². The van der Waals surface area contributed by atoms with Gasteiger partial charge in [0, 0.05) is 13.1 Å². The van der Waals surface area contributed by atoms with Gasteiger partial charge in [-0.1, -0.05) is 45.0 Å². The summed E-state index contributed by atoms with van der Waals surface area (Å²) in [6, 6.07) is 16.5. The Morgan fingerprint density at radius 2 is 1.48 bits per heavy atom. The Balaban J connectivity index is 1.68. The van der Waals surface area contributed by atoms with Gasteiger partial charge in [-0.2, -0.15) is 0 Å². The molecule has 0 fully saturated rings. The summed E-state index contributed by atoms with van der Waals surface area (Å²) >= 11 is 0. The second kappa shape index (κ2) is 8.02. The molecule has 0 aliphatic heterocycles. The molecule has 3 nitrogen and oxygen atoms in total. The van der Waals surface area contributed by atoms with E-state index in [9.17, 15) is 0 Å². The maximum atomic E-state index is 5.77. The van der Waals surface area contributed by atoms with Gasteiger partial charge in [0.15, 0.2) is 0 Å². The average Bonchev–Trinajstić information content (AvgIpc) is 2.55. The van der Waals surface area contributed by atoms with E-state index in [0.717, 1.165) is 24.6 Å². The number of ether oxygens (including phenoxy) is 2.